The fourth-order valence-electron chi connectivity index (χ4n) is 1.87. The Morgan fingerprint density at radius 2 is 2.20 bits per heavy atom. The van der Waals surface area contributed by atoms with E-state index in [4.69, 9.17) is 4.74 Å². The summed E-state index contributed by atoms with van der Waals surface area (Å²) in [5, 5.41) is 7.56. The van der Waals surface area contributed by atoms with E-state index in [1.165, 1.54) is 0 Å². The molecule has 0 aromatic carbocycles. The monoisotopic (exact) mass is 276 g/mol. The zero-order valence-electron chi connectivity index (χ0n) is 12.3. The van der Waals surface area contributed by atoms with Crippen molar-refractivity contribution in [3.8, 4) is 0 Å². The number of rotatable bonds is 5. The molecule has 0 radical (unpaired) electrons. The number of aromatic nitrogens is 3. The lowest BCUT2D eigenvalue weighted by Gasteiger charge is -2.13. The Labute approximate surface area is 118 Å². The van der Waals surface area contributed by atoms with Crippen LogP contribution in [0.2, 0.25) is 0 Å². The highest BCUT2D eigenvalue weighted by molar-refractivity contribution is 5.80. The summed E-state index contributed by atoms with van der Waals surface area (Å²) >= 11 is 0. The summed E-state index contributed by atoms with van der Waals surface area (Å²) in [6.07, 6.45) is 3.45. The van der Waals surface area contributed by atoms with E-state index in [-0.39, 0.29) is 5.97 Å². The molecule has 0 saturated heterocycles. The van der Waals surface area contributed by atoms with E-state index in [9.17, 15) is 4.79 Å². The summed E-state index contributed by atoms with van der Waals surface area (Å²) in [5.74, 6) is 0.678. The van der Waals surface area contributed by atoms with Gasteiger partial charge in [0.05, 0.1) is 12.3 Å². The Morgan fingerprint density at radius 1 is 1.45 bits per heavy atom. The van der Waals surface area contributed by atoms with Crippen LogP contribution in [0.25, 0.3) is 5.52 Å². The third-order valence-corrected chi connectivity index (χ3v) is 2.99. The smallest absolute Gasteiger partial charge is 0.328 e. The van der Waals surface area contributed by atoms with E-state index >= 15 is 0 Å². The van der Waals surface area contributed by atoms with Crippen LogP contribution in [0.1, 0.15) is 39.3 Å². The molecule has 0 aliphatic rings. The van der Waals surface area contributed by atoms with Gasteiger partial charge in [0.15, 0.2) is 5.82 Å². The quantitative estimate of drug-likeness (QED) is 0.848. The molecule has 0 bridgehead atoms. The highest BCUT2D eigenvalue weighted by atomic mass is 16.5. The van der Waals surface area contributed by atoms with Crippen LogP contribution < -0.4 is 5.32 Å². The number of hydrogen-bond donors (Lipinski definition) is 1. The predicted octanol–water partition coefficient (Wildman–Crippen LogP) is 2.22. The van der Waals surface area contributed by atoms with Gasteiger partial charge >= 0.3 is 5.97 Å². The van der Waals surface area contributed by atoms with Crippen LogP contribution in [0.4, 0.5) is 5.82 Å². The molecule has 1 atom stereocenters. The Bertz CT molecular complexity index is 606. The normalized spacial score (nSPS) is 12.7. The number of carbonyl (C=O) groups is 1. The zero-order valence-corrected chi connectivity index (χ0v) is 12.3. The summed E-state index contributed by atoms with van der Waals surface area (Å²) in [6, 6.07) is 1.53. The largest absolute Gasteiger partial charge is 0.464 e. The summed E-state index contributed by atoms with van der Waals surface area (Å²) in [6.45, 7) is 8.08. The third-order valence-electron chi connectivity index (χ3n) is 2.99. The SMILES string of the molecule is CCOC(=O)C(C)Nc1nccn2nc(C(C)C)cc12. The molecule has 0 aliphatic carbocycles. The van der Waals surface area contributed by atoms with E-state index in [1.54, 1.807) is 30.8 Å². The predicted molar refractivity (Wildman–Crippen MR) is 76.8 cm³/mol. The van der Waals surface area contributed by atoms with E-state index in [0.29, 0.717) is 18.3 Å². The van der Waals surface area contributed by atoms with Crippen LogP contribution in [-0.2, 0) is 9.53 Å². The van der Waals surface area contributed by atoms with Crippen molar-refractivity contribution in [1.82, 2.24) is 14.6 Å². The van der Waals surface area contributed by atoms with Crippen molar-refractivity contribution in [3.63, 3.8) is 0 Å². The minimum atomic E-state index is -0.453. The molecular weight excluding hydrogens is 256 g/mol. The molecule has 1 N–H and O–H groups in total. The van der Waals surface area contributed by atoms with Gasteiger partial charge in [0, 0.05) is 12.4 Å². The van der Waals surface area contributed by atoms with Crippen molar-refractivity contribution >= 4 is 17.3 Å². The molecule has 2 aromatic heterocycles. The van der Waals surface area contributed by atoms with Crippen molar-refractivity contribution < 1.29 is 9.53 Å². The van der Waals surface area contributed by atoms with Crippen molar-refractivity contribution in [2.24, 2.45) is 0 Å². The number of nitrogens with one attached hydrogen (secondary N) is 1. The van der Waals surface area contributed by atoms with Gasteiger partial charge in [0.25, 0.3) is 0 Å². The van der Waals surface area contributed by atoms with E-state index in [0.717, 1.165) is 11.2 Å². The topological polar surface area (TPSA) is 68.5 Å². The van der Waals surface area contributed by atoms with Gasteiger partial charge in [0.2, 0.25) is 0 Å². The van der Waals surface area contributed by atoms with Gasteiger partial charge in [-0.1, -0.05) is 13.8 Å². The van der Waals surface area contributed by atoms with Crippen molar-refractivity contribution in [3.05, 3.63) is 24.2 Å². The minimum Gasteiger partial charge on any atom is -0.464 e. The maximum absolute atomic E-state index is 11.7. The first kappa shape index (κ1) is 14.3. The molecule has 20 heavy (non-hydrogen) atoms. The summed E-state index contributed by atoms with van der Waals surface area (Å²) in [5.41, 5.74) is 1.84. The number of anilines is 1. The standard InChI is InChI=1S/C14H20N4O2/c1-5-20-14(19)10(4)16-13-12-8-11(9(2)3)17-18(12)7-6-15-13/h6-10H,5H2,1-4H3,(H,15,16). The number of carbonyl (C=O) groups excluding carboxylic acids is 1. The molecule has 1 unspecified atom stereocenters. The Morgan fingerprint density at radius 3 is 2.85 bits per heavy atom. The maximum atomic E-state index is 11.7. The number of hydrogen-bond acceptors (Lipinski definition) is 5. The summed E-state index contributed by atoms with van der Waals surface area (Å²) in [4.78, 5) is 15.9. The molecule has 6 nitrogen and oxygen atoms in total. The Hall–Kier alpha value is -2.11. The first-order valence-electron chi connectivity index (χ1n) is 6.80. The molecule has 0 amide bonds. The lowest BCUT2D eigenvalue weighted by molar-refractivity contribution is -0.143. The fourth-order valence-corrected chi connectivity index (χ4v) is 1.87. The maximum Gasteiger partial charge on any atom is 0.328 e. The molecular formula is C14H20N4O2. The molecule has 2 heterocycles. The Kier molecular flexibility index (Phi) is 4.22. The molecule has 0 saturated carbocycles. The van der Waals surface area contributed by atoms with Crippen molar-refractivity contribution in [2.75, 3.05) is 11.9 Å². The van der Waals surface area contributed by atoms with Crippen LogP contribution in [0.5, 0.6) is 0 Å². The summed E-state index contributed by atoms with van der Waals surface area (Å²) in [7, 11) is 0. The van der Waals surface area contributed by atoms with Gasteiger partial charge in [-0.15, -0.1) is 0 Å². The molecule has 0 spiro atoms. The molecule has 6 heteroatoms. The van der Waals surface area contributed by atoms with E-state index < -0.39 is 6.04 Å². The zero-order chi connectivity index (χ0) is 14.7. The van der Waals surface area contributed by atoms with Gasteiger partial charge < -0.3 is 10.1 Å². The van der Waals surface area contributed by atoms with Gasteiger partial charge in [-0.05, 0) is 25.8 Å². The lowest BCUT2D eigenvalue weighted by Crippen LogP contribution is -2.28. The number of esters is 1. The Balaban J connectivity index is 2.28. The van der Waals surface area contributed by atoms with Crippen LogP contribution in [-0.4, -0.2) is 33.2 Å². The second-order valence-electron chi connectivity index (χ2n) is 4.95. The fraction of sp³-hybridized carbons (Fsp3) is 0.500. The number of fused-ring (bicyclic) bond motifs is 1. The molecule has 0 fully saturated rings. The second kappa shape index (κ2) is 5.90. The lowest BCUT2D eigenvalue weighted by atomic mass is 10.1. The second-order valence-corrected chi connectivity index (χ2v) is 4.95. The van der Waals surface area contributed by atoms with Gasteiger partial charge in [-0.2, -0.15) is 5.10 Å². The van der Waals surface area contributed by atoms with Crippen LogP contribution >= 0.6 is 0 Å². The van der Waals surface area contributed by atoms with Gasteiger partial charge in [0.1, 0.15) is 11.6 Å². The number of nitrogens with zero attached hydrogens (tertiary/aromatic N) is 3. The average molecular weight is 276 g/mol. The molecule has 2 rings (SSSR count). The first-order chi connectivity index (χ1) is 9.52. The van der Waals surface area contributed by atoms with E-state index in [2.05, 4.69) is 29.2 Å². The van der Waals surface area contributed by atoms with Gasteiger partial charge in [-0.3, -0.25) is 0 Å². The highest BCUT2D eigenvalue weighted by Gasteiger charge is 2.16. The van der Waals surface area contributed by atoms with Crippen LogP contribution in [0, 0.1) is 0 Å². The first-order valence-corrected chi connectivity index (χ1v) is 6.80. The molecule has 2 aromatic rings. The van der Waals surface area contributed by atoms with Crippen molar-refractivity contribution in [2.45, 2.75) is 39.7 Å². The highest BCUT2D eigenvalue weighted by Crippen LogP contribution is 2.20. The third kappa shape index (κ3) is 2.89. The minimum absolute atomic E-state index is 0.292. The van der Waals surface area contributed by atoms with Crippen LogP contribution in [0.15, 0.2) is 18.5 Å². The van der Waals surface area contributed by atoms with Crippen LogP contribution in [0.3, 0.4) is 0 Å². The van der Waals surface area contributed by atoms with E-state index in [1.807, 2.05) is 6.07 Å². The average Bonchev–Trinajstić information content (AvgIpc) is 2.84. The van der Waals surface area contributed by atoms with Gasteiger partial charge in [-0.25, -0.2) is 14.3 Å². The number of ether oxygens (including phenoxy) is 1. The molecule has 108 valence electrons. The molecule has 0 aliphatic heterocycles. The van der Waals surface area contributed by atoms with Crippen molar-refractivity contribution in [1.29, 1.82) is 0 Å². The summed E-state index contributed by atoms with van der Waals surface area (Å²) < 4.78 is 6.75.